The van der Waals surface area contributed by atoms with E-state index in [2.05, 4.69) is 18.8 Å². The number of imidazole rings is 1. The van der Waals surface area contributed by atoms with E-state index in [4.69, 9.17) is 5.73 Å². The van der Waals surface area contributed by atoms with Gasteiger partial charge in [-0.15, -0.1) is 0 Å². The highest BCUT2D eigenvalue weighted by Gasteiger charge is 2.24. The molecule has 1 heterocycles. The lowest BCUT2D eigenvalue weighted by Crippen LogP contribution is -2.13. The maximum atomic E-state index is 6.09. The van der Waals surface area contributed by atoms with Gasteiger partial charge < -0.3 is 10.3 Å². The minimum Gasteiger partial charge on any atom is -0.384 e. The molecular formula is C12H21N3. The third-order valence-electron chi connectivity index (χ3n) is 3.57. The lowest BCUT2D eigenvalue weighted by Gasteiger charge is -2.25. The predicted octanol–water partition coefficient (Wildman–Crippen LogP) is 2.78. The molecule has 0 aromatic carbocycles. The first-order chi connectivity index (χ1) is 7.22. The van der Waals surface area contributed by atoms with Crippen LogP contribution in [0, 0.1) is 5.92 Å². The summed E-state index contributed by atoms with van der Waals surface area (Å²) in [6.07, 6.45) is 7.08. The van der Waals surface area contributed by atoms with E-state index in [0.29, 0.717) is 5.92 Å². The molecule has 1 aromatic heterocycles. The van der Waals surface area contributed by atoms with E-state index in [1.54, 1.807) is 0 Å². The minimum atomic E-state index is 0.599. The summed E-state index contributed by atoms with van der Waals surface area (Å²) >= 11 is 0. The van der Waals surface area contributed by atoms with Gasteiger partial charge in [-0.2, -0.15) is 0 Å². The molecule has 0 spiro atoms. The Morgan fingerprint density at radius 3 is 2.93 bits per heavy atom. The Morgan fingerprint density at radius 2 is 2.33 bits per heavy atom. The van der Waals surface area contributed by atoms with E-state index >= 15 is 0 Å². The van der Waals surface area contributed by atoms with Gasteiger partial charge in [0.2, 0.25) is 0 Å². The van der Waals surface area contributed by atoms with Gasteiger partial charge in [-0.05, 0) is 25.7 Å². The van der Waals surface area contributed by atoms with Crippen molar-refractivity contribution < 1.29 is 0 Å². The van der Waals surface area contributed by atoms with Crippen molar-refractivity contribution in [3.05, 3.63) is 12.0 Å². The zero-order chi connectivity index (χ0) is 10.8. The number of nitrogens with two attached hydrogens (primary N) is 1. The molecule has 2 N–H and O–H groups in total. The maximum Gasteiger partial charge on any atom is 0.126 e. The molecule has 3 nitrogen and oxygen atoms in total. The Labute approximate surface area is 91.7 Å². The molecule has 2 unspecified atom stereocenters. The van der Waals surface area contributed by atoms with Crippen LogP contribution in [-0.2, 0) is 6.54 Å². The molecule has 0 amide bonds. The molecule has 0 saturated heterocycles. The van der Waals surface area contributed by atoms with Gasteiger partial charge in [0.15, 0.2) is 0 Å². The minimum absolute atomic E-state index is 0.599. The Morgan fingerprint density at radius 1 is 1.53 bits per heavy atom. The fourth-order valence-corrected chi connectivity index (χ4v) is 2.66. The lowest BCUT2D eigenvalue weighted by atomic mass is 9.81. The number of hydrogen-bond acceptors (Lipinski definition) is 2. The highest BCUT2D eigenvalue weighted by Crippen LogP contribution is 2.37. The second kappa shape index (κ2) is 4.25. The molecule has 2 atom stereocenters. The molecule has 0 aliphatic heterocycles. The van der Waals surface area contributed by atoms with Gasteiger partial charge in [0.05, 0.1) is 12.0 Å². The molecule has 1 aliphatic rings. The van der Waals surface area contributed by atoms with Crippen molar-refractivity contribution in [2.24, 2.45) is 5.92 Å². The van der Waals surface area contributed by atoms with Crippen LogP contribution in [-0.4, -0.2) is 9.55 Å². The summed E-state index contributed by atoms with van der Waals surface area (Å²) in [7, 11) is 0. The van der Waals surface area contributed by atoms with Gasteiger partial charge in [-0.1, -0.05) is 19.8 Å². The third-order valence-corrected chi connectivity index (χ3v) is 3.57. The number of nitrogens with zero attached hydrogens (tertiary/aromatic N) is 2. The zero-order valence-electron chi connectivity index (χ0n) is 9.74. The second-order valence-corrected chi connectivity index (χ2v) is 4.77. The van der Waals surface area contributed by atoms with Crippen molar-refractivity contribution in [3.63, 3.8) is 0 Å². The summed E-state index contributed by atoms with van der Waals surface area (Å²) < 4.78 is 2.04. The van der Waals surface area contributed by atoms with Gasteiger partial charge in [0.25, 0.3) is 0 Å². The molecule has 3 heteroatoms. The van der Waals surface area contributed by atoms with Gasteiger partial charge in [-0.25, -0.2) is 4.98 Å². The quantitative estimate of drug-likeness (QED) is 0.810. The van der Waals surface area contributed by atoms with E-state index in [1.165, 1.54) is 25.7 Å². The predicted molar refractivity (Wildman–Crippen MR) is 62.7 cm³/mol. The molecule has 0 bridgehead atoms. The topological polar surface area (TPSA) is 43.8 Å². The van der Waals surface area contributed by atoms with E-state index in [0.717, 1.165) is 24.0 Å². The standard InChI is InChI=1S/C12H21N3/c1-3-15-8-14-11(12(15)13)10-6-4-5-9(2)7-10/h8-10H,3-7,13H2,1-2H3. The van der Waals surface area contributed by atoms with Crippen LogP contribution in [0.3, 0.4) is 0 Å². The Kier molecular flexibility index (Phi) is 2.98. The highest BCUT2D eigenvalue weighted by atomic mass is 15.1. The summed E-state index contributed by atoms with van der Waals surface area (Å²) in [5, 5.41) is 0. The number of aryl methyl sites for hydroxylation is 1. The average Bonchev–Trinajstić information content (AvgIpc) is 2.59. The van der Waals surface area contributed by atoms with Crippen LogP contribution in [0.1, 0.15) is 51.1 Å². The first-order valence-corrected chi connectivity index (χ1v) is 6.02. The van der Waals surface area contributed by atoms with Crippen molar-refractivity contribution in [2.75, 3.05) is 5.73 Å². The van der Waals surface area contributed by atoms with Gasteiger partial charge in [0, 0.05) is 12.5 Å². The summed E-state index contributed by atoms with van der Waals surface area (Å²) in [6, 6.07) is 0. The Hall–Kier alpha value is -0.990. The molecule has 1 aromatic rings. The van der Waals surface area contributed by atoms with Crippen molar-refractivity contribution in [2.45, 2.75) is 52.0 Å². The molecule has 84 valence electrons. The van der Waals surface area contributed by atoms with E-state index in [1.807, 2.05) is 10.9 Å². The summed E-state index contributed by atoms with van der Waals surface area (Å²) in [6.45, 7) is 5.35. The molecule has 0 radical (unpaired) electrons. The normalized spacial score (nSPS) is 26.8. The molecule has 2 rings (SSSR count). The molecule has 15 heavy (non-hydrogen) atoms. The van der Waals surface area contributed by atoms with Crippen LogP contribution in [0.5, 0.6) is 0 Å². The van der Waals surface area contributed by atoms with Crippen LogP contribution in [0.15, 0.2) is 6.33 Å². The van der Waals surface area contributed by atoms with Crippen molar-refractivity contribution in [1.82, 2.24) is 9.55 Å². The van der Waals surface area contributed by atoms with Crippen molar-refractivity contribution in [3.8, 4) is 0 Å². The monoisotopic (exact) mass is 207 g/mol. The largest absolute Gasteiger partial charge is 0.384 e. The number of hydrogen-bond donors (Lipinski definition) is 1. The van der Waals surface area contributed by atoms with E-state index in [-0.39, 0.29) is 0 Å². The fraction of sp³-hybridized carbons (Fsp3) is 0.750. The van der Waals surface area contributed by atoms with Gasteiger partial charge >= 0.3 is 0 Å². The first kappa shape index (κ1) is 10.5. The second-order valence-electron chi connectivity index (χ2n) is 4.77. The Bertz CT molecular complexity index is 330. The summed E-state index contributed by atoms with van der Waals surface area (Å²) in [5.74, 6) is 2.31. The highest BCUT2D eigenvalue weighted by molar-refractivity contribution is 5.38. The van der Waals surface area contributed by atoms with E-state index < -0.39 is 0 Å². The fourth-order valence-electron chi connectivity index (χ4n) is 2.66. The average molecular weight is 207 g/mol. The van der Waals surface area contributed by atoms with E-state index in [9.17, 15) is 0 Å². The maximum absolute atomic E-state index is 6.09. The SMILES string of the molecule is CCn1cnc(C2CCCC(C)C2)c1N. The molecular weight excluding hydrogens is 186 g/mol. The third kappa shape index (κ3) is 2.01. The van der Waals surface area contributed by atoms with Crippen molar-refractivity contribution >= 4 is 5.82 Å². The van der Waals surface area contributed by atoms with Crippen LogP contribution in [0.25, 0.3) is 0 Å². The van der Waals surface area contributed by atoms with Crippen LogP contribution >= 0.6 is 0 Å². The molecule has 1 fully saturated rings. The van der Waals surface area contributed by atoms with Crippen LogP contribution in [0.4, 0.5) is 5.82 Å². The number of anilines is 1. The van der Waals surface area contributed by atoms with Crippen LogP contribution < -0.4 is 5.73 Å². The van der Waals surface area contributed by atoms with Gasteiger partial charge in [-0.3, -0.25) is 0 Å². The lowest BCUT2D eigenvalue weighted by molar-refractivity contribution is 0.341. The van der Waals surface area contributed by atoms with Crippen molar-refractivity contribution in [1.29, 1.82) is 0 Å². The number of rotatable bonds is 2. The number of aromatic nitrogens is 2. The first-order valence-electron chi connectivity index (χ1n) is 6.02. The molecule has 1 aliphatic carbocycles. The number of nitrogen functional groups attached to an aromatic ring is 1. The molecule has 1 saturated carbocycles. The van der Waals surface area contributed by atoms with Crippen LogP contribution in [0.2, 0.25) is 0 Å². The summed E-state index contributed by atoms with van der Waals surface area (Å²) in [5.41, 5.74) is 7.23. The Balaban J connectivity index is 2.17. The smallest absolute Gasteiger partial charge is 0.126 e. The summed E-state index contributed by atoms with van der Waals surface area (Å²) in [4.78, 5) is 4.48. The van der Waals surface area contributed by atoms with Gasteiger partial charge in [0.1, 0.15) is 5.82 Å². The zero-order valence-corrected chi connectivity index (χ0v) is 9.74.